The van der Waals surface area contributed by atoms with Gasteiger partial charge in [0.2, 0.25) is 0 Å². The van der Waals surface area contributed by atoms with Crippen LogP contribution in [0, 0.1) is 6.92 Å². The lowest BCUT2D eigenvalue weighted by Crippen LogP contribution is -2.07. The predicted molar refractivity (Wildman–Crippen MR) is 69.4 cm³/mol. The normalized spacial score (nSPS) is 18.7. The van der Waals surface area contributed by atoms with E-state index in [0.717, 1.165) is 37.1 Å². The summed E-state index contributed by atoms with van der Waals surface area (Å²) in [5.74, 6) is 0.741. The SMILES string of the molecule is Cc1nn(-c2ncccc2C2CCCO2)cc1C=O. The Bertz CT molecular complexity index is 600. The summed E-state index contributed by atoms with van der Waals surface area (Å²) in [6, 6.07) is 3.91. The average molecular weight is 257 g/mol. The molecule has 3 heterocycles. The van der Waals surface area contributed by atoms with Crippen molar-refractivity contribution in [1.82, 2.24) is 14.8 Å². The van der Waals surface area contributed by atoms with Crippen molar-refractivity contribution in [3.05, 3.63) is 41.3 Å². The van der Waals surface area contributed by atoms with Crippen molar-refractivity contribution < 1.29 is 9.53 Å². The number of nitrogens with zero attached hydrogens (tertiary/aromatic N) is 3. The molecule has 1 aliphatic heterocycles. The first-order valence-corrected chi connectivity index (χ1v) is 6.38. The number of aryl methyl sites for hydroxylation is 1. The summed E-state index contributed by atoms with van der Waals surface area (Å²) in [6.07, 6.45) is 6.39. The number of ether oxygens (including phenoxy) is 1. The van der Waals surface area contributed by atoms with Gasteiger partial charge in [0.15, 0.2) is 12.1 Å². The first-order valence-electron chi connectivity index (χ1n) is 6.38. The largest absolute Gasteiger partial charge is 0.373 e. The Morgan fingerprint density at radius 1 is 1.53 bits per heavy atom. The van der Waals surface area contributed by atoms with Gasteiger partial charge in [-0.1, -0.05) is 6.07 Å². The van der Waals surface area contributed by atoms with Gasteiger partial charge in [0.1, 0.15) is 0 Å². The van der Waals surface area contributed by atoms with Crippen LogP contribution in [0.15, 0.2) is 24.5 Å². The molecule has 1 fully saturated rings. The summed E-state index contributed by atoms with van der Waals surface area (Å²) >= 11 is 0. The maximum Gasteiger partial charge on any atom is 0.159 e. The van der Waals surface area contributed by atoms with Crippen LogP contribution in [-0.2, 0) is 4.74 Å². The summed E-state index contributed by atoms with van der Waals surface area (Å²) in [6.45, 7) is 2.60. The van der Waals surface area contributed by atoms with E-state index < -0.39 is 0 Å². The Morgan fingerprint density at radius 2 is 2.42 bits per heavy atom. The molecule has 0 N–H and O–H groups in total. The number of aldehydes is 1. The van der Waals surface area contributed by atoms with Gasteiger partial charge in [-0.25, -0.2) is 9.67 Å². The molecule has 0 spiro atoms. The molecule has 1 atom stereocenters. The molecule has 1 aliphatic rings. The average Bonchev–Trinajstić information content (AvgIpc) is 3.07. The summed E-state index contributed by atoms with van der Waals surface area (Å²) in [4.78, 5) is 15.3. The van der Waals surface area contributed by atoms with Crippen LogP contribution in [0.2, 0.25) is 0 Å². The molecule has 19 heavy (non-hydrogen) atoms. The van der Waals surface area contributed by atoms with Crippen LogP contribution in [0.5, 0.6) is 0 Å². The minimum atomic E-state index is 0.0767. The topological polar surface area (TPSA) is 57.0 Å². The van der Waals surface area contributed by atoms with Crippen LogP contribution in [0.3, 0.4) is 0 Å². The van der Waals surface area contributed by atoms with Gasteiger partial charge in [0.05, 0.1) is 17.4 Å². The summed E-state index contributed by atoms with van der Waals surface area (Å²) in [7, 11) is 0. The molecule has 0 bridgehead atoms. The highest BCUT2D eigenvalue weighted by Crippen LogP contribution is 2.31. The fraction of sp³-hybridized carbons (Fsp3) is 0.357. The van der Waals surface area contributed by atoms with Gasteiger partial charge < -0.3 is 4.74 Å². The summed E-state index contributed by atoms with van der Waals surface area (Å²) in [5.41, 5.74) is 2.32. The van der Waals surface area contributed by atoms with Gasteiger partial charge in [-0.05, 0) is 25.8 Å². The van der Waals surface area contributed by atoms with Crippen molar-refractivity contribution in [3.8, 4) is 5.82 Å². The van der Waals surface area contributed by atoms with Gasteiger partial charge in [-0.15, -0.1) is 0 Å². The van der Waals surface area contributed by atoms with Gasteiger partial charge >= 0.3 is 0 Å². The van der Waals surface area contributed by atoms with E-state index in [4.69, 9.17) is 4.74 Å². The molecule has 2 aromatic rings. The Labute approximate surface area is 111 Å². The number of hydrogen-bond acceptors (Lipinski definition) is 4. The van der Waals surface area contributed by atoms with Gasteiger partial charge in [0.25, 0.3) is 0 Å². The maximum absolute atomic E-state index is 10.9. The van der Waals surface area contributed by atoms with Crippen LogP contribution in [0.1, 0.15) is 40.6 Å². The molecular formula is C14H15N3O2. The van der Waals surface area contributed by atoms with E-state index in [-0.39, 0.29) is 6.10 Å². The molecule has 0 aromatic carbocycles. The number of rotatable bonds is 3. The molecule has 2 aromatic heterocycles. The Kier molecular flexibility index (Phi) is 3.13. The van der Waals surface area contributed by atoms with E-state index in [1.54, 1.807) is 17.1 Å². The van der Waals surface area contributed by atoms with Crippen molar-refractivity contribution in [1.29, 1.82) is 0 Å². The highest BCUT2D eigenvalue weighted by Gasteiger charge is 2.22. The van der Waals surface area contributed by atoms with Crippen LogP contribution < -0.4 is 0 Å². The smallest absolute Gasteiger partial charge is 0.159 e. The monoisotopic (exact) mass is 257 g/mol. The second-order valence-electron chi connectivity index (χ2n) is 4.65. The maximum atomic E-state index is 10.9. The fourth-order valence-corrected chi connectivity index (χ4v) is 2.37. The Balaban J connectivity index is 2.05. The molecule has 3 rings (SSSR count). The van der Waals surface area contributed by atoms with Crippen molar-refractivity contribution >= 4 is 6.29 Å². The standard InChI is InChI=1S/C14H15N3O2/c1-10-11(9-18)8-17(16-10)14-12(4-2-6-15-14)13-5-3-7-19-13/h2,4,6,8-9,13H,3,5,7H2,1H3. The third-order valence-corrected chi connectivity index (χ3v) is 3.37. The second-order valence-corrected chi connectivity index (χ2v) is 4.65. The molecule has 5 nitrogen and oxygen atoms in total. The molecule has 98 valence electrons. The van der Waals surface area contributed by atoms with E-state index in [2.05, 4.69) is 10.1 Å². The summed E-state index contributed by atoms with van der Waals surface area (Å²) in [5, 5.41) is 4.35. The number of carbonyl (C=O) groups excluding carboxylic acids is 1. The highest BCUT2D eigenvalue weighted by molar-refractivity contribution is 5.76. The second kappa shape index (κ2) is 4.93. The number of pyridine rings is 1. The third-order valence-electron chi connectivity index (χ3n) is 3.37. The minimum Gasteiger partial charge on any atom is -0.373 e. The van der Waals surface area contributed by atoms with Crippen molar-refractivity contribution in [2.24, 2.45) is 0 Å². The van der Waals surface area contributed by atoms with E-state index >= 15 is 0 Å². The molecule has 0 radical (unpaired) electrons. The number of carbonyl (C=O) groups is 1. The Morgan fingerprint density at radius 3 is 3.11 bits per heavy atom. The fourth-order valence-electron chi connectivity index (χ4n) is 2.37. The quantitative estimate of drug-likeness (QED) is 0.791. The lowest BCUT2D eigenvalue weighted by molar-refractivity contribution is 0.111. The van der Waals surface area contributed by atoms with Crippen molar-refractivity contribution in [3.63, 3.8) is 0 Å². The zero-order chi connectivity index (χ0) is 13.2. The zero-order valence-corrected chi connectivity index (χ0v) is 10.7. The zero-order valence-electron chi connectivity index (χ0n) is 10.7. The first kappa shape index (κ1) is 12.0. The van der Waals surface area contributed by atoms with Crippen LogP contribution in [0.4, 0.5) is 0 Å². The van der Waals surface area contributed by atoms with Gasteiger partial charge in [-0.2, -0.15) is 5.10 Å². The lowest BCUT2D eigenvalue weighted by atomic mass is 10.1. The summed E-state index contributed by atoms with van der Waals surface area (Å²) < 4.78 is 7.38. The lowest BCUT2D eigenvalue weighted by Gasteiger charge is -2.13. The van der Waals surface area contributed by atoms with E-state index in [0.29, 0.717) is 11.3 Å². The van der Waals surface area contributed by atoms with Gasteiger partial charge in [-0.3, -0.25) is 4.79 Å². The molecule has 0 saturated carbocycles. The third kappa shape index (κ3) is 2.17. The Hall–Kier alpha value is -2.01. The molecule has 5 heteroatoms. The van der Waals surface area contributed by atoms with E-state index in [1.807, 2.05) is 19.1 Å². The van der Waals surface area contributed by atoms with E-state index in [9.17, 15) is 4.79 Å². The molecule has 0 amide bonds. The van der Waals surface area contributed by atoms with Crippen molar-refractivity contribution in [2.75, 3.05) is 6.61 Å². The highest BCUT2D eigenvalue weighted by atomic mass is 16.5. The predicted octanol–water partition coefficient (Wildman–Crippen LogP) is 2.24. The van der Waals surface area contributed by atoms with Gasteiger partial charge in [0, 0.05) is 24.6 Å². The molecule has 1 saturated heterocycles. The van der Waals surface area contributed by atoms with Crippen molar-refractivity contribution in [2.45, 2.75) is 25.9 Å². The number of aromatic nitrogens is 3. The van der Waals surface area contributed by atoms with Crippen LogP contribution in [-0.4, -0.2) is 27.7 Å². The van der Waals surface area contributed by atoms with Crippen LogP contribution >= 0.6 is 0 Å². The van der Waals surface area contributed by atoms with Crippen LogP contribution in [0.25, 0.3) is 5.82 Å². The molecule has 1 unspecified atom stereocenters. The number of hydrogen-bond donors (Lipinski definition) is 0. The molecule has 0 aliphatic carbocycles. The molecular weight excluding hydrogens is 242 g/mol. The van der Waals surface area contributed by atoms with E-state index in [1.165, 1.54) is 0 Å². The first-order chi connectivity index (χ1) is 9.29. The minimum absolute atomic E-state index is 0.0767.